The Labute approximate surface area is 286 Å². The van der Waals surface area contributed by atoms with Crippen molar-refractivity contribution in [3.05, 3.63) is 182 Å². The summed E-state index contributed by atoms with van der Waals surface area (Å²) in [6, 6.07) is 65.6. The molecule has 0 unspecified atom stereocenters. The summed E-state index contributed by atoms with van der Waals surface area (Å²) in [4.78, 5) is 10.1. The van der Waals surface area contributed by atoms with E-state index in [1.165, 1.54) is 33.1 Å². The van der Waals surface area contributed by atoms with Crippen LogP contribution in [0.5, 0.6) is 0 Å². The maximum atomic E-state index is 5.27. The van der Waals surface area contributed by atoms with Gasteiger partial charge in [-0.3, -0.25) is 0 Å². The molecule has 0 bridgehead atoms. The highest BCUT2D eigenvalue weighted by Gasteiger charge is 2.37. The van der Waals surface area contributed by atoms with Gasteiger partial charge < -0.3 is 9.80 Å². The number of anilines is 6. The highest BCUT2D eigenvalue weighted by atomic mass is 15.3. The minimum absolute atomic E-state index is 0.0227. The predicted molar refractivity (Wildman–Crippen MR) is 207 cm³/mol. The molecule has 0 fully saturated rings. The molecule has 10 rings (SSSR count). The topological polar surface area (TPSA) is 19.4 Å². The van der Waals surface area contributed by atoms with Crippen molar-refractivity contribution in [3.63, 3.8) is 0 Å². The van der Waals surface area contributed by atoms with Crippen molar-refractivity contribution in [1.82, 2.24) is 4.98 Å². The molecule has 3 nitrogen and oxygen atoms in total. The van der Waals surface area contributed by atoms with Crippen molar-refractivity contribution in [2.45, 2.75) is 0 Å². The van der Waals surface area contributed by atoms with Crippen LogP contribution in [0.4, 0.5) is 34.1 Å². The summed E-state index contributed by atoms with van der Waals surface area (Å²) >= 11 is 0. The van der Waals surface area contributed by atoms with Gasteiger partial charge >= 0.3 is 0 Å². The highest BCUT2D eigenvalue weighted by molar-refractivity contribution is 6.99. The molecule has 0 radical (unpaired) electrons. The molecule has 0 spiro atoms. The standard InChI is InChI=1S/C45H30BN3/c1-3-15-31(16-4-1)35-28-27-34(30-38(35)46-37-21-9-8-20-36(37)45-39(46)29-32-17-7-10-22-40(32)47-45)49-43-25-13-11-23-41(43)48(33-18-5-2-6-19-33)42-24-12-14-26-44(42)49/h1-30H. The second-order valence-electron chi connectivity index (χ2n) is 12.8. The van der Waals surface area contributed by atoms with Gasteiger partial charge in [-0.05, 0) is 82.1 Å². The van der Waals surface area contributed by atoms with E-state index in [0.717, 1.165) is 50.7 Å². The van der Waals surface area contributed by atoms with Crippen LogP contribution < -0.4 is 26.2 Å². The van der Waals surface area contributed by atoms with Crippen molar-refractivity contribution < 1.29 is 0 Å². The molecule has 0 aliphatic carbocycles. The van der Waals surface area contributed by atoms with Gasteiger partial charge in [0.25, 0.3) is 0 Å². The third-order valence-corrected chi connectivity index (χ3v) is 10.0. The third kappa shape index (κ3) is 4.34. The second-order valence-corrected chi connectivity index (χ2v) is 12.8. The largest absolute Gasteiger partial charge is 0.306 e. The van der Waals surface area contributed by atoms with Crippen LogP contribution in [0.3, 0.4) is 0 Å². The van der Waals surface area contributed by atoms with Crippen LogP contribution in [-0.2, 0) is 0 Å². The maximum absolute atomic E-state index is 5.27. The lowest BCUT2D eigenvalue weighted by Gasteiger charge is -2.40. The van der Waals surface area contributed by atoms with Gasteiger partial charge in [-0.25, -0.2) is 4.98 Å². The number of fused-ring (bicyclic) bond motifs is 6. The van der Waals surface area contributed by atoms with E-state index < -0.39 is 0 Å². The average molecular weight is 624 g/mol. The maximum Gasteiger partial charge on any atom is 0.245 e. The smallest absolute Gasteiger partial charge is 0.245 e. The zero-order valence-electron chi connectivity index (χ0n) is 26.7. The van der Waals surface area contributed by atoms with Crippen molar-refractivity contribution in [3.8, 4) is 22.4 Å². The molecule has 0 saturated carbocycles. The summed E-state index contributed by atoms with van der Waals surface area (Å²) in [5, 5.41) is 1.16. The molecule has 0 saturated heterocycles. The van der Waals surface area contributed by atoms with Gasteiger partial charge in [-0.1, -0.05) is 138 Å². The molecule has 3 heterocycles. The summed E-state index contributed by atoms with van der Waals surface area (Å²) in [7, 11) is 0. The average Bonchev–Trinajstić information content (AvgIpc) is 3.49. The van der Waals surface area contributed by atoms with Crippen LogP contribution in [0.2, 0.25) is 0 Å². The molecule has 1 aromatic heterocycles. The van der Waals surface area contributed by atoms with Crippen molar-refractivity contribution in [1.29, 1.82) is 0 Å². The van der Waals surface area contributed by atoms with Gasteiger partial charge in [0.1, 0.15) is 0 Å². The van der Waals surface area contributed by atoms with Crippen LogP contribution in [0.25, 0.3) is 33.3 Å². The minimum Gasteiger partial charge on any atom is -0.306 e. The SMILES string of the molecule is c1ccc(-c2ccc(N3c4ccccc4N(c4ccccc4)c4ccccc43)cc2B2c3ccccc3-c3nc4ccccc4cc32)cc1. The fourth-order valence-corrected chi connectivity index (χ4v) is 7.92. The first-order chi connectivity index (χ1) is 24.3. The van der Waals surface area contributed by atoms with E-state index in [1.807, 2.05) is 0 Å². The van der Waals surface area contributed by atoms with E-state index in [0.29, 0.717) is 0 Å². The number of rotatable bonds is 4. The van der Waals surface area contributed by atoms with E-state index >= 15 is 0 Å². The predicted octanol–water partition coefficient (Wildman–Crippen LogP) is 9.65. The molecular formula is C45H30BN3. The summed E-state index contributed by atoms with van der Waals surface area (Å²) in [5.41, 5.74) is 16.4. The Morgan fingerprint density at radius 3 is 1.67 bits per heavy atom. The lowest BCUT2D eigenvalue weighted by molar-refractivity contribution is 1.17. The molecule has 0 atom stereocenters. The van der Waals surface area contributed by atoms with Gasteiger partial charge in [0.15, 0.2) is 0 Å². The number of hydrogen-bond acceptors (Lipinski definition) is 3. The second kappa shape index (κ2) is 11.1. The highest BCUT2D eigenvalue weighted by Crippen LogP contribution is 2.53. The molecule has 49 heavy (non-hydrogen) atoms. The Bertz CT molecular complexity index is 2480. The number of aromatic nitrogens is 1. The lowest BCUT2D eigenvalue weighted by atomic mass is 9.38. The van der Waals surface area contributed by atoms with E-state index in [4.69, 9.17) is 4.98 Å². The first kappa shape index (κ1) is 27.7. The van der Waals surface area contributed by atoms with Gasteiger partial charge in [0, 0.05) is 11.4 Å². The Kier molecular flexibility index (Phi) is 6.28. The zero-order valence-corrected chi connectivity index (χ0v) is 26.7. The first-order valence-corrected chi connectivity index (χ1v) is 16.9. The van der Waals surface area contributed by atoms with Gasteiger partial charge in [0.2, 0.25) is 6.71 Å². The number of pyridine rings is 1. The first-order valence-electron chi connectivity index (χ1n) is 16.9. The molecule has 8 aromatic rings. The third-order valence-electron chi connectivity index (χ3n) is 10.0. The summed E-state index contributed by atoms with van der Waals surface area (Å²) in [6.07, 6.45) is 0. The molecule has 2 aliphatic rings. The molecule has 7 aromatic carbocycles. The number of benzene rings is 7. The van der Waals surface area contributed by atoms with E-state index in [-0.39, 0.29) is 6.71 Å². The van der Waals surface area contributed by atoms with Gasteiger partial charge in [-0.15, -0.1) is 0 Å². The van der Waals surface area contributed by atoms with Gasteiger partial charge in [-0.2, -0.15) is 0 Å². The quantitative estimate of drug-likeness (QED) is 0.182. The van der Waals surface area contributed by atoms with Crippen LogP contribution in [-0.4, -0.2) is 11.7 Å². The fourth-order valence-electron chi connectivity index (χ4n) is 7.92. The molecule has 2 aliphatic heterocycles. The summed E-state index contributed by atoms with van der Waals surface area (Å²) < 4.78 is 0. The number of hydrogen-bond donors (Lipinski definition) is 0. The van der Waals surface area contributed by atoms with Crippen molar-refractivity contribution in [2.24, 2.45) is 0 Å². The Morgan fingerprint density at radius 2 is 0.959 bits per heavy atom. The summed E-state index contributed by atoms with van der Waals surface area (Å²) in [6.45, 7) is 0.0227. The number of nitrogens with zero attached hydrogens (tertiary/aromatic N) is 3. The molecule has 0 amide bonds. The Hall–Kier alpha value is -6.39. The minimum atomic E-state index is 0.0227. The van der Waals surface area contributed by atoms with Crippen molar-refractivity contribution >= 4 is 68.1 Å². The molecule has 0 N–H and O–H groups in total. The Morgan fingerprint density at radius 1 is 0.388 bits per heavy atom. The van der Waals surface area contributed by atoms with Gasteiger partial charge in [0.05, 0.1) is 34.0 Å². The lowest BCUT2D eigenvalue weighted by Crippen LogP contribution is -2.50. The van der Waals surface area contributed by atoms with Crippen LogP contribution in [0, 0.1) is 0 Å². The molecule has 4 heteroatoms. The van der Waals surface area contributed by atoms with E-state index in [2.05, 4.69) is 192 Å². The summed E-state index contributed by atoms with van der Waals surface area (Å²) in [5.74, 6) is 0. The van der Waals surface area contributed by atoms with Crippen molar-refractivity contribution in [2.75, 3.05) is 9.80 Å². The van der Waals surface area contributed by atoms with Crippen LogP contribution >= 0.6 is 0 Å². The molecular weight excluding hydrogens is 593 g/mol. The monoisotopic (exact) mass is 623 g/mol. The van der Waals surface area contributed by atoms with E-state index in [9.17, 15) is 0 Å². The normalized spacial score (nSPS) is 12.8. The fraction of sp³-hybridized carbons (Fsp3) is 0. The van der Waals surface area contributed by atoms with E-state index in [1.54, 1.807) is 0 Å². The number of para-hydroxylation sites is 6. The zero-order chi connectivity index (χ0) is 32.3. The van der Waals surface area contributed by atoms with Crippen LogP contribution in [0.1, 0.15) is 0 Å². The Balaban J connectivity index is 1.23. The molecule has 228 valence electrons. The van der Waals surface area contributed by atoms with Crippen LogP contribution in [0.15, 0.2) is 182 Å².